The van der Waals surface area contributed by atoms with Gasteiger partial charge in [-0.25, -0.2) is 4.79 Å². The number of rotatable bonds is 0. The third-order valence-electron chi connectivity index (χ3n) is 3.10. The molecule has 0 aliphatic heterocycles. The molecule has 3 rings (SSSR count). The van der Waals surface area contributed by atoms with Crippen LogP contribution in [0.3, 0.4) is 0 Å². The molecule has 0 saturated carbocycles. The molecule has 2 heteroatoms. The summed E-state index contributed by atoms with van der Waals surface area (Å²) in [7, 11) is 0. The maximum atomic E-state index is 10.7. The Kier molecular flexibility index (Phi) is 1.79. The number of hydrogen-bond acceptors (Lipinski definition) is 2. The van der Waals surface area contributed by atoms with Gasteiger partial charge in [0.05, 0.1) is 11.3 Å². The van der Waals surface area contributed by atoms with Gasteiger partial charge < -0.3 is 0 Å². The van der Waals surface area contributed by atoms with Gasteiger partial charge in [0.25, 0.3) is 0 Å². The number of carbonyl (C=O) groups excluding carboxylic acids is 1. The van der Waals surface area contributed by atoms with Crippen LogP contribution in [-0.2, 0) is 11.2 Å². The SMILES string of the molecule is N=C1C(=C=O)C=CC2=C1Cc1ccccc12. The average Bonchev–Trinajstić information content (AvgIpc) is 2.69. The van der Waals surface area contributed by atoms with Crippen LogP contribution in [0.2, 0.25) is 0 Å². The van der Waals surface area contributed by atoms with Crippen LogP contribution in [0, 0.1) is 5.41 Å². The number of fused-ring (bicyclic) bond motifs is 2. The zero-order valence-corrected chi connectivity index (χ0v) is 8.58. The van der Waals surface area contributed by atoms with Crippen molar-refractivity contribution in [2.24, 2.45) is 0 Å². The molecule has 2 nitrogen and oxygen atoms in total. The van der Waals surface area contributed by atoms with E-state index in [1.54, 1.807) is 6.08 Å². The predicted molar refractivity (Wildman–Crippen MR) is 63.1 cm³/mol. The number of benzene rings is 1. The Morgan fingerprint density at radius 1 is 1.19 bits per heavy atom. The van der Waals surface area contributed by atoms with E-state index in [4.69, 9.17) is 5.41 Å². The van der Waals surface area contributed by atoms with Gasteiger partial charge in [-0.05, 0) is 28.3 Å². The Labute approximate surface area is 93.1 Å². The molecule has 0 amide bonds. The molecule has 2 aliphatic rings. The first-order chi connectivity index (χ1) is 7.81. The standard InChI is InChI=1S/C14H9NO/c15-14-10(8-16)5-6-12-11-4-2-1-3-9(11)7-13(12)14/h1-6,15H,7H2. The highest BCUT2D eigenvalue weighted by atomic mass is 16.1. The minimum atomic E-state index is 0.323. The fourth-order valence-electron chi connectivity index (χ4n) is 2.30. The topological polar surface area (TPSA) is 40.9 Å². The quantitative estimate of drug-likeness (QED) is 0.652. The molecule has 0 fully saturated rings. The van der Waals surface area contributed by atoms with Crippen molar-refractivity contribution in [3.63, 3.8) is 0 Å². The zero-order chi connectivity index (χ0) is 11.1. The van der Waals surface area contributed by atoms with Crippen molar-refractivity contribution in [1.29, 1.82) is 5.41 Å². The molecule has 0 spiro atoms. The van der Waals surface area contributed by atoms with Crippen molar-refractivity contribution < 1.29 is 4.79 Å². The molecular weight excluding hydrogens is 198 g/mol. The summed E-state index contributed by atoms with van der Waals surface area (Å²) in [6.07, 6.45) is 4.34. The summed E-state index contributed by atoms with van der Waals surface area (Å²) in [5.41, 5.74) is 5.12. The van der Waals surface area contributed by atoms with E-state index in [9.17, 15) is 4.79 Å². The molecule has 76 valence electrons. The molecule has 2 aliphatic carbocycles. The van der Waals surface area contributed by atoms with Crippen LogP contribution in [0.15, 0.2) is 47.6 Å². The van der Waals surface area contributed by atoms with Gasteiger partial charge in [-0.15, -0.1) is 0 Å². The second kappa shape index (κ2) is 3.16. The van der Waals surface area contributed by atoms with Crippen molar-refractivity contribution in [1.82, 2.24) is 0 Å². The lowest BCUT2D eigenvalue weighted by Gasteiger charge is -2.10. The normalized spacial score (nSPS) is 17.2. The first kappa shape index (κ1) is 9.08. The highest BCUT2D eigenvalue weighted by Crippen LogP contribution is 2.37. The highest BCUT2D eigenvalue weighted by molar-refractivity contribution is 6.23. The lowest BCUT2D eigenvalue weighted by molar-refractivity contribution is 0.568. The molecule has 0 bridgehead atoms. The molecule has 1 aromatic carbocycles. The fourth-order valence-corrected chi connectivity index (χ4v) is 2.30. The summed E-state index contributed by atoms with van der Waals surface area (Å²) < 4.78 is 0. The van der Waals surface area contributed by atoms with E-state index in [0.717, 1.165) is 17.6 Å². The molecular formula is C14H9NO. The minimum absolute atomic E-state index is 0.323. The van der Waals surface area contributed by atoms with E-state index in [1.165, 1.54) is 11.1 Å². The molecule has 0 radical (unpaired) electrons. The van der Waals surface area contributed by atoms with E-state index in [2.05, 4.69) is 12.1 Å². The van der Waals surface area contributed by atoms with Gasteiger partial charge >= 0.3 is 0 Å². The summed E-state index contributed by atoms with van der Waals surface area (Å²) >= 11 is 0. The van der Waals surface area contributed by atoms with Gasteiger partial charge in [0, 0.05) is 6.42 Å². The Hall–Kier alpha value is -2.18. The third kappa shape index (κ3) is 1.08. The number of hydrogen-bond donors (Lipinski definition) is 1. The predicted octanol–water partition coefficient (Wildman–Crippen LogP) is 2.34. The lowest BCUT2D eigenvalue weighted by atomic mass is 9.93. The van der Waals surface area contributed by atoms with Crippen LogP contribution >= 0.6 is 0 Å². The largest absolute Gasteiger partial charge is 0.299 e. The van der Waals surface area contributed by atoms with E-state index in [1.807, 2.05) is 24.2 Å². The molecule has 1 aromatic rings. The van der Waals surface area contributed by atoms with Crippen molar-refractivity contribution in [3.05, 3.63) is 58.7 Å². The molecule has 16 heavy (non-hydrogen) atoms. The van der Waals surface area contributed by atoms with Crippen LogP contribution in [0.4, 0.5) is 0 Å². The monoisotopic (exact) mass is 207 g/mol. The van der Waals surface area contributed by atoms with Gasteiger partial charge in [0.2, 0.25) is 0 Å². The number of nitrogens with one attached hydrogen (secondary N) is 1. The fraction of sp³-hybridized carbons (Fsp3) is 0.0714. The first-order valence-corrected chi connectivity index (χ1v) is 5.15. The summed E-state index contributed by atoms with van der Waals surface area (Å²) in [6, 6.07) is 8.13. The molecule has 0 unspecified atom stereocenters. The Morgan fingerprint density at radius 2 is 2.00 bits per heavy atom. The average molecular weight is 207 g/mol. The van der Waals surface area contributed by atoms with Crippen LogP contribution in [0.5, 0.6) is 0 Å². The molecule has 1 N–H and O–H groups in total. The second-order valence-electron chi connectivity index (χ2n) is 3.95. The third-order valence-corrected chi connectivity index (χ3v) is 3.10. The molecule has 0 saturated heterocycles. The number of allylic oxidation sites excluding steroid dienone is 5. The van der Waals surface area contributed by atoms with Crippen molar-refractivity contribution in [3.8, 4) is 0 Å². The van der Waals surface area contributed by atoms with Crippen LogP contribution in [0.1, 0.15) is 11.1 Å². The summed E-state index contributed by atoms with van der Waals surface area (Å²) in [5, 5.41) is 7.94. The Balaban J connectivity index is 2.19. The van der Waals surface area contributed by atoms with E-state index < -0.39 is 0 Å². The van der Waals surface area contributed by atoms with Gasteiger partial charge in [-0.2, -0.15) is 0 Å². The maximum Gasteiger partial charge on any atom is 0.134 e. The zero-order valence-electron chi connectivity index (χ0n) is 8.58. The summed E-state index contributed by atoms with van der Waals surface area (Å²) in [4.78, 5) is 10.7. The molecule has 0 aromatic heterocycles. The second-order valence-corrected chi connectivity index (χ2v) is 3.95. The van der Waals surface area contributed by atoms with Crippen LogP contribution in [-0.4, -0.2) is 11.7 Å². The Bertz CT molecular complexity index is 613. The van der Waals surface area contributed by atoms with E-state index >= 15 is 0 Å². The highest BCUT2D eigenvalue weighted by Gasteiger charge is 2.26. The smallest absolute Gasteiger partial charge is 0.134 e. The van der Waals surface area contributed by atoms with Gasteiger partial charge in [0.1, 0.15) is 5.94 Å². The lowest BCUT2D eigenvalue weighted by Crippen LogP contribution is -2.08. The summed E-state index contributed by atoms with van der Waals surface area (Å²) in [6.45, 7) is 0. The molecule has 0 heterocycles. The van der Waals surface area contributed by atoms with Crippen LogP contribution < -0.4 is 0 Å². The maximum absolute atomic E-state index is 10.7. The van der Waals surface area contributed by atoms with E-state index in [-0.39, 0.29) is 0 Å². The van der Waals surface area contributed by atoms with E-state index in [0.29, 0.717) is 11.3 Å². The van der Waals surface area contributed by atoms with Gasteiger partial charge in [0.15, 0.2) is 0 Å². The minimum Gasteiger partial charge on any atom is -0.299 e. The van der Waals surface area contributed by atoms with Crippen molar-refractivity contribution in [2.75, 3.05) is 0 Å². The van der Waals surface area contributed by atoms with Crippen molar-refractivity contribution in [2.45, 2.75) is 6.42 Å². The molecule has 0 atom stereocenters. The van der Waals surface area contributed by atoms with Crippen LogP contribution in [0.25, 0.3) is 5.57 Å². The Morgan fingerprint density at radius 3 is 2.81 bits per heavy atom. The van der Waals surface area contributed by atoms with Gasteiger partial charge in [-0.3, -0.25) is 5.41 Å². The summed E-state index contributed by atoms with van der Waals surface area (Å²) in [5.74, 6) is 1.81. The first-order valence-electron chi connectivity index (χ1n) is 5.15. The van der Waals surface area contributed by atoms with Crippen molar-refractivity contribution >= 4 is 17.2 Å². The van der Waals surface area contributed by atoms with Gasteiger partial charge in [-0.1, -0.05) is 30.3 Å².